The van der Waals surface area contributed by atoms with Crippen LogP contribution in [0.3, 0.4) is 0 Å². The molecule has 0 spiro atoms. The molecule has 2 N–H and O–H groups in total. The van der Waals surface area contributed by atoms with Crippen molar-refractivity contribution in [3.8, 4) is 5.69 Å². The van der Waals surface area contributed by atoms with Crippen molar-refractivity contribution in [2.45, 2.75) is 33.6 Å². The van der Waals surface area contributed by atoms with Gasteiger partial charge < -0.3 is 10.4 Å². The van der Waals surface area contributed by atoms with E-state index in [4.69, 9.17) is 0 Å². The molecule has 0 aliphatic heterocycles. The summed E-state index contributed by atoms with van der Waals surface area (Å²) >= 11 is 0. The maximum Gasteiger partial charge on any atom is 0.311 e. The van der Waals surface area contributed by atoms with Crippen molar-refractivity contribution >= 4 is 11.9 Å². The van der Waals surface area contributed by atoms with Crippen LogP contribution >= 0.6 is 0 Å². The molecule has 1 heterocycles. The molecule has 1 aromatic heterocycles. The van der Waals surface area contributed by atoms with Crippen LogP contribution in [0.4, 0.5) is 0 Å². The Morgan fingerprint density at radius 2 is 1.92 bits per heavy atom. The Hall–Kier alpha value is -2.63. The van der Waals surface area contributed by atoms with Crippen LogP contribution in [0.5, 0.6) is 0 Å². The van der Waals surface area contributed by atoms with Crippen LogP contribution < -0.4 is 5.32 Å². The lowest BCUT2D eigenvalue weighted by Gasteiger charge is -2.26. The summed E-state index contributed by atoms with van der Waals surface area (Å²) in [6.45, 7) is 5.71. The Balaban J connectivity index is 2.12. The Morgan fingerprint density at radius 1 is 1.25 bits per heavy atom. The van der Waals surface area contributed by atoms with Crippen molar-refractivity contribution < 1.29 is 14.7 Å². The molecule has 0 fully saturated rings. The van der Waals surface area contributed by atoms with Crippen LogP contribution in [0, 0.1) is 12.3 Å². The maximum atomic E-state index is 12.3. The zero-order valence-corrected chi connectivity index (χ0v) is 14.2. The minimum absolute atomic E-state index is 0.101. The van der Waals surface area contributed by atoms with Crippen LogP contribution in [0.2, 0.25) is 0 Å². The summed E-state index contributed by atoms with van der Waals surface area (Å²) < 4.78 is 1.65. The monoisotopic (exact) mass is 329 g/mol. The lowest BCUT2D eigenvalue weighted by Crippen LogP contribution is -2.42. The van der Waals surface area contributed by atoms with Gasteiger partial charge in [0.25, 0.3) is 5.91 Å². The maximum absolute atomic E-state index is 12.3. The highest BCUT2D eigenvalue weighted by Gasteiger charge is 2.35. The number of rotatable bonds is 7. The van der Waals surface area contributed by atoms with Gasteiger partial charge in [0.1, 0.15) is 0 Å². The minimum Gasteiger partial charge on any atom is -0.481 e. The Kier molecular flexibility index (Phi) is 5.39. The molecular formula is C18H23N3O3. The van der Waals surface area contributed by atoms with Crippen LogP contribution in [0.1, 0.15) is 42.6 Å². The molecule has 0 atom stereocenters. The third-order valence-electron chi connectivity index (χ3n) is 4.60. The first kappa shape index (κ1) is 17.7. The number of benzene rings is 1. The molecule has 6 heteroatoms. The van der Waals surface area contributed by atoms with Gasteiger partial charge in [0.15, 0.2) is 0 Å². The fraction of sp³-hybridized carbons (Fsp3) is 0.389. The van der Waals surface area contributed by atoms with E-state index in [1.807, 2.05) is 45.0 Å². The smallest absolute Gasteiger partial charge is 0.311 e. The molecule has 0 aliphatic carbocycles. The minimum atomic E-state index is -0.929. The highest BCUT2D eigenvalue weighted by molar-refractivity contribution is 5.94. The lowest BCUT2D eigenvalue weighted by atomic mass is 9.82. The van der Waals surface area contributed by atoms with Gasteiger partial charge in [-0.3, -0.25) is 9.59 Å². The second-order valence-electron chi connectivity index (χ2n) is 5.94. The molecule has 0 bridgehead atoms. The first-order valence-electron chi connectivity index (χ1n) is 8.05. The van der Waals surface area contributed by atoms with E-state index < -0.39 is 11.4 Å². The van der Waals surface area contributed by atoms with E-state index in [2.05, 4.69) is 10.4 Å². The topological polar surface area (TPSA) is 84.2 Å². The van der Waals surface area contributed by atoms with E-state index in [-0.39, 0.29) is 12.5 Å². The zero-order chi connectivity index (χ0) is 17.7. The van der Waals surface area contributed by atoms with E-state index in [0.717, 1.165) is 11.3 Å². The van der Waals surface area contributed by atoms with Crippen molar-refractivity contribution in [3.63, 3.8) is 0 Å². The second-order valence-corrected chi connectivity index (χ2v) is 5.94. The Labute approximate surface area is 141 Å². The van der Waals surface area contributed by atoms with Gasteiger partial charge in [0.2, 0.25) is 0 Å². The number of hydrogen-bond donors (Lipinski definition) is 2. The first-order valence-corrected chi connectivity index (χ1v) is 8.05. The van der Waals surface area contributed by atoms with Crippen molar-refractivity contribution in [1.82, 2.24) is 15.1 Å². The van der Waals surface area contributed by atoms with E-state index in [1.165, 1.54) is 6.20 Å². The number of para-hydroxylation sites is 1. The summed E-state index contributed by atoms with van der Waals surface area (Å²) in [6.07, 6.45) is 4.06. The van der Waals surface area contributed by atoms with Gasteiger partial charge in [-0.25, -0.2) is 4.68 Å². The van der Waals surface area contributed by atoms with E-state index in [0.29, 0.717) is 18.4 Å². The lowest BCUT2D eigenvalue weighted by molar-refractivity contribution is -0.149. The fourth-order valence-electron chi connectivity index (χ4n) is 2.62. The molecule has 0 unspecified atom stereocenters. The third-order valence-corrected chi connectivity index (χ3v) is 4.60. The molecule has 2 rings (SSSR count). The highest BCUT2D eigenvalue weighted by Crippen LogP contribution is 2.25. The number of carbonyl (C=O) groups excluding carboxylic acids is 1. The van der Waals surface area contributed by atoms with E-state index >= 15 is 0 Å². The van der Waals surface area contributed by atoms with Crippen molar-refractivity contribution in [2.24, 2.45) is 5.41 Å². The standard InChI is InChI=1S/C18H23N3O3/c1-4-18(5-2,17(23)24)12-19-16(22)14-10-20-21(11-14)15-9-7-6-8-13(15)3/h6-11H,4-5,12H2,1-3H3,(H,19,22)(H,23,24). The Bertz CT molecular complexity index is 733. The largest absolute Gasteiger partial charge is 0.481 e. The number of hydrogen-bond acceptors (Lipinski definition) is 3. The molecule has 2 aromatic rings. The highest BCUT2D eigenvalue weighted by atomic mass is 16.4. The Morgan fingerprint density at radius 3 is 2.50 bits per heavy atom. The third kappa shape index (κ3) is 3.48. The number of aryl methyl sites for hydroxylation is 1. The van der Waals surface area contributed by atoms with Crippen molar-refractivity contribution in [1.29, 1.82) is 0 Å². The van der Waals surface area contributed by atoms with Crippen LogP contribution in [0.15, 0.2) is 36.7 Å². The second kappa shape index (κ2) is 7.29. The van der Waals surface area contributed by atoms with Gasteiger partial charge in [0, 0.05) is 12.7 Å². The van der Waals surface area contributed by atoms with Crippen LogP contribution in [-0.4, -0.2) is 33.3 Å². The number of nitrogens with one attached hydrogen (secondary N) is 1. The first-order chi connectivity index (χ1) is 11.4. The van der Waals surface area contributed by atoms with Gasteiger partial charge in [-0.2, -0.15) is 5.10 Å². The van der Waals surface area contributed by atoms with Crippen LogP contribution in [-0.2, 0) is 4.79 Å². The predicted molar refractivity (Wildman–Crippen MR) is 91.3 cm³/mol. The summed E-state index contributed by atoms with van der Waals surface area (Å²) in [5.74, 6) is -1.20. The summed E-state index contributed by atoms with van der Waals surface area (Å²) in [4.78, 5) is 23.8. The molecule has 0 aliphatic rings. The summed E-state index contributed by atoms with van der Waals surface area (Å²) in [7, 11) is 0. The summed E-state index contributed by atoms with van der Waals surface area (Å²) in [5, 5.41) is 16.4. The number of aromatic nitrogens is 2. The number of carbonyl (C=O) groups is 2. The zero-order valence-electron chi connectivity index (χ0n) is 14.2. The molecule has 6 nitrogen and oxygen atoms in total. The number of amides is 1. The summed E-state index contributed by atoms with van der Waals surface area (Å²) in [5.41, 5.74) is 1.43. The van der Waals surface area contributed by atoms with Crippen molar-refractivity contribution in [3.05, 3.63) is 47.8 Å². The number of carboxylic acid groups (broad SMARTS) is 1. The van der Waals surface area contributed by atoms with Gasteiger partial charge in [0.05, 0.1) is 22.9 Å². The summed E-state index contributed by atoms with van der Waals surface area (Å²) in [6, 6.07) is 7.75. The SMILES string of the molecule is CCC(CC)(CNC(=O)c1cnn(-c2ccccc2C)c1)C(=O)O. The molecule has 0 saturated carbocycles. The quantitative estimate of drug-likeness (QED) is 0.818. The molecule has 24 heavy (non-hydrogen) atoms. The molecule has 1 amide bonds. The number of carboxylic acids is 1. The molecular weight excluding hydrogens is 306 g/mol. The van der Waals surface area contributed by atoms with E-state index in [1.54, 1.807) is 10.9 Å². The van der Waals surface area contributed by atoms with Crippen LogP contribution in [0.25, 0.3) is 5.69 Å². The average Bonchev–Trinajstić information content (AvgIpc) is 3.06. The fourth-order valence-corrected chi connectivity index (χ4v) is 2.62. The van der Waals surface area contributed by atoms with Gasteiger partial charge in [-0.1, -0.05) is 32.0 Å². The van der Waals surface area contributed by atoms with Gasteiger partial charge >= 0.3 is 5.97 Å². The average molecular weight is 329 g/mol. The molecule has 0 radical (unpaired) electrons. The van der Waals surface area contributed by atoms with Gasteiger partial charge in [-0.15, -0.1) is 0 Å². The van der Waals surface area contributed by atoms with E-state index in [9.17, 15) is 14.7 Å². The molecule has 128 valence electrons. The van der Waals surface area contributed by atoms with Gasteiger partial charge in [-0.05, 0) is 31.4 Å². The molecule has 0 saturated heterocycles. The number of nitrogens with zero attached hydrogens (tertiary/aromatic N) is 2. The molecule has 1 aromatic carbocycles. The number of aliphatic carboxylic acids is 1. The normalized spacial score (nSPS) is 11.3. The van der Waals surface area contributed by atoms with Crippen molar-refractivity contribution in [2.75, 3.05) is 6.54 Å². The predicted octanol–water partition coefficient (Wildman–Crippen LogP) is 2.80.